The second-order valence-corrected chi connectivity index (χ2v) is 4.11. The summed E-state index contributed by atoms with van der Waals surface area (Å²) in [5.41, 5.74) is 5.72. The third-order valence-corrected chi connectivity index (χ3v) is 2.65. The molecule has 2 rings (SSSR count). The number of halogens is 1. The fourth-order valence-corrected chi connectivity index (χ4v) is 1.70. The third kappa shape index (κ3) is 3.39. The molecule has 0 atom stereocenters. The molecule has 1 aromatic heterocycles. The lowest BCUT2D eigenvalue weighted by atomic mass is 10.3. The van der Waals surface area contributed by atoms with Gasteiger partial charge in [-0.1, -0.05) is 5.21 Å². The molecular formula is C12H12FN5O3. The van der Waals surface area contributed by atoms with Crippen LogP contribution in [0.1, 0.15) is 16.2 Å². The number of aromatic carboxylic acids is 1. The third-order valence-electron chi connectivity index (χ3n) is 2.65. The highest BCUT2D eigenvalue weighted by Gasteiger charge is 2.19. The van der Waals surface area contributed by atoms with Gasteiger partial charge in [0.25, 0.3) is 0 Å². The highest BCUT2D eigenvalue weighted by Crippen LogP contribution is 2.09. The molecule has 9 heteroatoms. The number of nitrogens with one attached hydrogen (secondary N) is 1. The van der Waals surface area contributed by atoms with E-state index in [1.54, 1.807) is 0 Å². The molecule has 2 aromatic rings. The van der Waals surface area contributed by atoms with Crippen molar-refractivity contribution in [2.24, 2.45) is 5.73 Å². The van der Waals surface area contributed by atoms with E-state index >= 15 is 0 Å². The molecule has 0 bridgehead atoms. The number of anilines is 1. The summed E-state index contributed by atoms with van der Waals surface area (Å²) in [5, 5.41) is 18.5. The minimum absolute atomic E-state index is 0.113. The summed E-state index contributed by atoms with van der Waals surface area (Å²) in [7, 11) is 0. The van der Waals surface area contributed by atoms with E-state index in [-0.39, 0.29) is 24.5 Å². The number of amides is 1. The van der Waals surface area contributed by atoms with Gasteiger partial charge in [-0.2, -0.15) is 0 Å². The summed E-state index contributed by atoms with van der Waals surface area (Å²) in [6.07, 6.45) is 0. The van der Waals surface area contributed by atoms with Crippen molar-refractivity contribution < 1.29 is 19.1 Å². The smallest absolute Gasteiger partial charge is 0.358 e. The Hall–Kier alpha value is -2.81. The molecule has 0 fully saturated rings. The Morgan fingerprint density at radius 1 is 1.33 bits per heavy atom. The molecule has 0 saturated heterocycles. The summed E-state index contributed by atoms with van der Waals surface area (Å²) < 4.78 is 13.9. The average molecular weight is 293 g/mol. The van der Waals surface area contributed by atoms with Crippen LogP contribution in [0.3, 0.4) is 0 Å². The lowest BCUT2D eigenvalue weighted by molar-refractivity contribution is -0.117. The molecule has 0 aliphatic heterocycles. The van der Waals surface area contributed by atoms with Gasteiger partial charge in [-0.3, -0.25) is 4.79 Å². The van der Waals surface area contributed by atoms with Crippen LogP contribution in [-0.4, -0.2) is 32.0 Å². The molecular weight excluding hydrogens is 281 g/mol. The molecule has 1 aromatic carbocycles. The molecule has 21 heavy (non-hydrogen) atoms. The predicted molar refractivity (Wildman–Crippen MR) is 69.9 cm³/mol. The maximum absolute atomic E-state index is 12.7. The Morgan fingerprint density at radius 2 is 2.00 bits per heavy atom. The second-order valence-electron chi connectivity index (χ2n) is 4.11. The summed E-state index contributed by atoms with van der Waals surface area (Å²) in [5.74, 6) is -2.14. The zero-order chi connectivity index (χ0) is 15.4. The highest BCUT2D eigenvalue weighted by atomic mass is 19.1. The minimum atomic E-state index is -1.26. The van der Waals surface area contributed by atoms with Crippen molar-refractivity contribution in [3.8, 4) is 0 Å². The first-order chi connectivity index (χ1) is 10.0. The first-order valence-corrected chi connectivity index (χ1v) is 5.92. The molecule has 0 radical (unpaired) electrons. The highest BCUT2D eigenvalue weighted by molar-refractivity contribution is 5.91. The second kappa shape index (κ2) is 6.09. The van der Waals surface area contributed by atoms with Crippen LogP contribution in [0.5, 0.6) is 0 Å². The topological polar surface area (TPSA) is 123 Å². The van der Waals surface area contributed by atoms with Crippen molar-refractivity contribution in [2.45, 2.75) is 13.1 Å². The Labute approximate surface area is 118 Å². The van der Waals surface area contributed by atoms with Gasteiger partial charge in [0.2, 0.25) is 5.91 Å². The minimum Gasteiger partial charge on any atom is -0.476 e. The summed E-state index contributed by atoms with van der Waals surface area (Å²) >= 11 is 0. The molecule has 1 amide bonds. The maximum Gasteiger partial charge on any atom is 0.358 e. The van der Waals surface area contributed by atoms with Crippen LogP contribution in [0.2, 0.25) is 0 Å². The Morgan fingerprint density at radius 3 is 2.57 bits per heavy atom. The Balaban J connectivity index is 2.09. The number of aromatic nitrogens is 3. The van der Waals surface area contributed by atoms with Crippen LogP contribution in [0.4, 0.5) is 10.1 Å². The van der Waals surface area contributed by atoms with E-state index in [2.05, 4.69) is 15.6 Å². The monoisotopic (exact) mass is 293 g/mol. The van der Waals surface area contributed by atoms with Crippen LogP contribution in [0.25, 0.3) is 0 Å². The first kappa shape index (κ1) is 14.6. The maximum atomic E-state index is 12.7. The van der Waals surface area contributed by atoms with Gasteiger partial charge in [-0.05, 0) is 24.3 Å². The van der Waals surface area contributed by atoms with Crippen LogP contribution >= 0.6 is 0 Å². The Kier molecular flexibility index (Phi) is 4.24. The molecule has 0 spiro atoms. The van der Waals surface area contributed by atoms with Gasteiger partial charge in [-0.25, -0.2) is 13.9 Å². The van der Waals surface area contributed by atoms with Crippen LogP contribution < -0.4 is 11.1 Å². The number of carboxylic acid groups (broad SMARTS) is 1. The predicted octanol–water partition coefficient (Wildman–Crippen LogP) is 0.213. The lowest BCUT2D eigenvalue weighted by Gasteiger charge is -2.07. The van der Waals surface area contributed by atoms with E-state index in [1.165, 1.54) is 24.3 Å². The van der Waals surface area contributed by atoms with Gasteiger partial charge in [-0.15, -0.1) is 5.10 Å². The summed E-state index contributed by atoms with van der Waals surface area (Å²) in [6, 6.07) is 5.22. The molecule has 0 aliphatic carbocycles. The van der Waals surface area contributed by atoms with Crippen LogP contribution in [0, 0.1) is 5.82 Å². The molecule has 110 valence electrons. The number of carboxylic acids is 1. The normalized spacial score (nSPS) is 10.4. The van der Waals surface area contributed by atoms with Gasteiger partial charge in [0.15, 0.2) is 5.69 Å². The number of carbonyl (C=O) groups excluding carboxylic acids is 1. The number of nitrogens with two attached hydrogens (primary N) is 1. The number of benzene rings is 1. The van der Waals surface area contributed by atoms with E-state index in [0.29, 0.717) is 5.69 Å². The fraction of sp³-hybridized carbons (Fsp3) is 0.167. The van der Waals surface area contributed by atoms with Crippen LogP contribution in [-0.2, 0) is 17.9 Å². The SMILES string of the molecule is NCc1c(C(=O)O)nnn1CC(=O)Nc1ccc(F)cc1. The first-order valence-electron chi connectivity index (χ1n) is 5.92. The van der Waals surface area contributed by atoms with Gasteiger partial charge in [0.05, 0.1) is 5.69 Å². The molecule has 0 aliphatic rings. The number of rotatable bonds is 5. The molecule has 0 unspecified atom stereocenters. The largest absolute Gasteiger partial charge is 0.476 e. The number of carbonyl (C=O) groups is 2. The van der Waals surface area contributed by atoms with Gasteiger partial charge < -0.3 is 16.2 Å². The lowest BCUT2D eigenvalue weighted by Crippen LogP contribution is -2.22. The number of hydrogen-bond donors (Lipinski definition) is 3. The van der Waals surface area contributed by atoms with E-state index in [1.807, 2.05) is 0 Å². The zero-order valence-corrected chi connectivity index (χ0v) is 10.8. The van der Waals surface area contributed by atoms with Crippen LogP contribution in [0.15, 0.2) is 24.3 Å². The zero-order valence-electron chi connectivity index (χ0n) is 10.8. The van der Waals surface area contributed by atoms with E-state index in [9.17, 15) is 14.0 Å². The number of hydrogen-bond acceptors (Lipinski definition) is 5. The van der Waals surface area contributed by atoms with Crippen molar-refractivity contribution in [1.29, 1.82) is 0 Å². The van der Waals surface area contributed by atoms with Gasteiger partial charge >= 0.3 is 5.97 Å². The quantitative estimate of drug-likeness (QED) is 0.724. The van der Waals surface area contributed by atoms with Crippen molar-refractivity contribution in [3.63, 3.8) is 0 Å². The number of nitrogens with zero attached hydrogens (tertiary/aromatic N) is 3. The van der Waals surface area contributed by atoms with Crippen molar-refractivity contribution in [1.82, 2.24) is 15.0 Å². The van der Waals surface area contributed by atoms with E-state index in [4.69, 9.17) is 10.8 Å². The molecule has 8 nitrogen and oxygen atoms in total. The molecule has 4 N–H and O–H groups in total. The van der Waals surface area contributed by atoms with Gasteiger partial charge in [0.1, 0.15) is 12.4 Å². The van der Waals surface area contributed by atoms with Crippen molar-refractivity contribution in [3.05, 3.63) is 41.5 Å². The van der Waals surface area contributed by atoms with E-state index < -0.39 is 17.7 Å². The molecule has 1 heterocycles. The van der Waals surface area contributed by atoms with Crippen molar-refractivity contribution >= 4 is 17.6 Å². The van der Waals surface area contributed by atoms with E-state index in [0.717, 1.165) is 4.68 Å². The average Bonchev–Trinajstić information content (AvgIpc) is 2.84. The summed E-state index contributed by atoms with van der Waals surface area (Å²) in [6.45, 7) is -0.358. The summed E-state index contributed by atoms with van der Waals surface area (Å²) in [4.78, 5) is 22.7. The fourth-order valence-electron chi connectivity index (χ4n) is 1.70. The van der Waals surface area contributed by atoms with Gasteiger partial charge in [0, 0.05) is 12.2 Å². The molecule has 0 saturated carbocycles. The van der Waals surface area contributed by atoms with Crippen molar-refractivity contribution in [2.75, 3.05) is 5.32 Å². The Bertz CT molecular complexity index is 668. The standard InChI is InChI=1S/C12H12FN5O3/c13-7-1-3-8(4-2-7)15-10(19)6-18-9(5-14)11(12(20)21)16-17-18/h1-4H,5-6,14H2,(H,15,19)(H,20,21).